The molecular formula is C19H23NO3. The second-order valence-electron chi connectivity index (χ2n) is 6.26. The van der Waals surface area contributed by atoms with Crippen molar-refractivity contribution in [2.24, 2.45) is 0 Å². The van der Waals surface area contributed by atoms with Gasteiger partial charge in [0.25, 0.3) is 5.91 Å². The SMILES string of the molecule is CCC(C)(C)NC(=O)COC(=O)Cc1cccc2ccccc12. The van der Waals surface area contributed by atoms with Crippen molar-refractivity contribution in [2.45, 2.75) is 39.2 Å². The van der Waals surface area contributed by atoms with Crippen LogP contribution in [-0.2, 0) is 20.7 Å². The molecule has 0 aliphatic heterocycles. The van der Waals surface area contributed by atoms with Gasteiger partial charge in [-0.25, -0.2) is 0 Å². The summed E-state index contributed by atoms with van der Waals surface area (Å²) in [5.41, 5.74) is 0.612. The summed E-state index contributed by atoms with van der Waals surface area (Å²) >= 11 is 0. The third kappa shape index (κ3) is 4.81. The number of fused-ring (bicyclic) bond motifs is 1. The van der Waals surface area contributed by atoms with Gasteiger partial charge in [0.2, 0.25) is 0 Å². The Bertz CT molecular complexity index is 701. The number of carbonyl (C=O) groups excluding carboxylic acids is 2. The van der Waals surface area contributed by atoms with Gasteiger partial charge in [0.1, 0.15) is 0 Å². The van der Waals surface area contributed by atoms with Gasteiger partial charge >= 0.3 is 5.97 Å². The first-order chi connectivity index (χ1) is 10.9. The lowest BCUT2D eigenvalue weighted by Crippen LogP contribution is -2.44. The molecule has 2 rings (SSSR count). The summed E-state index contributed by atoms with van der Waals surface area (Å²) in [7, 11) is 0. The Hall–Kier alpha value is -2.36. The molecule has 0 spiro atoms. The lowest BCUT2D eigenvalue weighted by atomic mass is 10.0. The molecule has 0 saturated heterocycles. The summed E-state index contributed by atoms with van der Waals surface area (Å²) in [6.07, 6.45) is 0.967. The van der Waals surface area contributed by atoms with Crippen LogP contribution < -0.4 is 5.32 Å². The summed E-state index contributed by atoms with van der Waals surface area (Å²) in [6, 6.07) is 13.7. The fraction of sp³-hybridized carbons (Fsp3) is 0.368. The maximum atomic E-state index is 12.0. The zero-order valence-corrected chi connectivity index (χ0v) is 13.9. The van der Waals surface area contributed by atoms with Crippen LogP contribution in [0.25, 0.3) is 10.8 Å². The highest BCUT2D eigenvalue weighted by Crippen LogP contribution is 2.19. The number of amides is 1. The van der Waals surface area contributed by atoms with E-state index in [0.29, 0.717) is 0 Å². The fourth-order valence-electron chi connectivity index (χ4n) is 2.30. The van der Waals surface area contributed by atoms with Crippen molar-refractivity contribution in [3.05, 3.63) is 48.0 Å². The number of rotatable bonds is 6. The maximum absolute atomic E-state index is 12.0. The van der Waals surface area contributed by atoms with Crippen LogP contribution in [0.4, 0.5) is 0 Å². The minimum Gasteiger partial charge on any atom is -0.455 e. The second kappa shape index (κ2) is 7.27. The van der Waals surface area contributed by atoms with Crippen molar-refractivity contribution in [1.29, 1.82) is 0 Å². The summed E-state index contributed by atoms with van der Waals surface area (Å²) < 4.78 is 5.10. The van der Waals surface area contributed by atoms with E-state index in [1.807, 2.05) is 63.2 Å². The Kier molecular flexibility index (Phi) is 5.37. The van der Waals surface area contributed by atoms with Gasteiger partial charge in [0, 0.05) is 5.54 Å². The molecule has 23 heavy (non-hydrogen) atoms. The molecule has 2 aromatic rings. The number of nitrogens with one attached hydrogen (secondary N) is 1. The Morgan fingerprint density at radius 3 is 2.52 bits per heavy atom. The number of ether oxygens (including phenoxy) is 1. The minimum atomic E-state index is -0.397. The Morgan fingerprint density at radius 2 is 1.78 bits per heavy atom. The lowest BCUT2D eigenvalue weighted by molar-refractivity contribution is -0.148. The molecule has 0 radical (unpaired) electrons. The molecule has 0 atom stereocenters. The van der Waals surface area contributed by atoms with Crippen LogP contribution in [0.2, 0.25) is 0 Å². The molecule has 1 N–H and O–H groups in total. The monoisotopic (exact) mass is 313 g/mol. The highest BCUT2D eigenvalue weighted by Gasteiger charge is 2.18. The number of hydrogen-bond acceptors (Lipinski definition) is 3. The first-order valence-corrected chi connectivity index (χ1v) is 7.84. The van der Waals surface area contributed by atoms with Crippen molar-refractivity contribution < 1.29 is 14.3 Å². The van der Waals surface area contributed by atoms with Crippen molar-refractivity contribution in [3.8, 4) is 0 Å². The van der Waals surface area contributed by atoms with Crippen molar-refractivity contribution in [2.75, 3.05) is 6.61 Å². The molecule has 0 aliphatic carbocycles. The minimum absolute atomic E-state index is 0.159. The molecule has 122 valence electrons. The van der Waals surface area contributed by atoms with Gasteiger partial charge in [-0.15, -0.1) is 0 Å². The summed E-state index contributed by atoms with van der Waals surface area (Å²) in [5, 5.41) is 4.95. The van der Waals surface area contributed by atoms with Gasteiger partial charge in [-0.2, -0.15) is 0 Å². The van der Waals surface area contributed by atoms with E-state index in [1.165, 1.54) is 0 Å². The third-order valence-corrected chi connectivity index (χ3v) is 3.94. The number of benzene rings is 2. The summed E-state index contributed by atoms with van der Waals surface area (Å²) in [4.78, 5) is 23.8. The Balaban J connectivity index is 1.93. The molecule has 0 saturated carbocycles. The van der Waals surface area contributed by atoms with Crippen molar-refractivity contribution in [1.82, 2.24) is 5.32 Å². The average Bonchev–Trinajstić information content (AvgIpc) is 2.53. The lowest BCUT2D eigenvalue weighted by Gasteiger charge is -2.24. The van der Waals surface area contributed by atoms with E-state index in [2.05, 4.69) is 5.32 Å². The second-order valence-corrected chi connectivity index (χ2v) is 6.26. The van der Waals surface area contributed by atoms with Gasteiger partial charge in [-0.05, 0) is 36.6 Å². The van der Waals surface area contributed by atoms with Gasteiger partial charge in [0.05, 0.1) is 6.42 Å². The molecule has 2 aromatic carbocycles. The number of esters is 1. The van der Waals surface area contributed by atoms with Crippen molar-refractivity contribution >= 4 is 22.6 Å². The smallest absolute Gasteiger partial charge is 0.310 e. The van der Waals surface area contributed by atoms with Crippen LogP contribution in [0.15, 0.2) is 42.5 Å². The first kappa shape index (κ1) is 17.0. The van der Waals surface area contributed by atoms with Gasteiger partial charge in [0.15, 0.2) is 6.61 Å². The number of hydrogen-bond donors (Lipinski definition) is 1. The summed E-state index contributed by atoms with van der Waals surface area (Å²) in [5.74, 6) is -0.672. The topological polar surface area (TPSA) is 55.4 Å². The molecule has 0 unspecified atom stereocenters. The number of carbonyl (C=O) groups is 2. The molecule has 1 amide bonds. The fourth-order valence-corrected chi connectivity index (χ4v) is 2.30. The molecule has 4 heteroatoms. The third-order valence-electron chi connectivity index (χ3n) is 3.94. The van der Waals surface area contributed by atoms with E-state index in [-0.39, 0.29) is 24.5 Å². The van der Waals surface area contributed by atoms with E-state index in [9.17, 15) is 9.59 Å². The maximum Gasteiger partial charge on any atom is 0.310 e. The van der Waals surface area contributed by atoms with Crippen LogP contribution in [0.5, 0.6) is 0 Å². The molecule has 0 bridgehead atoms. The van der Waals surface area contributed by atoms with E-state index in [1.54, 1.807) is 0 Å². The van der Waals surface area contributed by atoms with Gasteiger partial charge in [-0.1, -0.05) is 49.4 Å². The Labute approximate surface area is 136 Å². The van der Waals surface area contributed by atoms with Crippen LogP contribution >= 0.6 is 0 Å². The van der Waals surface area contributed by atoms with E-state index in [0.717, 1.165) is 22.8 Å². The average molecular weight is 313 g/mol. The van der Waals surface area contributed by atoms with Crippen LogP contribution in [0, 0.1) is 0 Å². The van der Waals surface area contributed by atoms with E-state index >= 15 is 0 Å². The predicted molar refractivity (Wildman–Crippen MR) is 91.1 cm³/mol. The van der Waals surface area contributed by atoms with Gasteiger partial charge < -0.3 is 10.1 Å². The molecule has 0 heterocycles. The van der Waals surface area contributed by atoms with Crippen LogP contribution in [-0.4, -0.2) is 24.0 Å². The van der Waals surface area contributed by atoms with E-state index in [4.69, 9.17) is 4.74 Å². The predicted octanol–water partition coefficient (Wildman–Crippen LogP) is 3.23. The largest absolute Gasteiger partial charge is 0.455 e. The van der Waals surface area contributed by atoms with Crippen molar-refractivity contribution in [3.63, 3.8) is 0 Å². The molecular weight excluding hydrogens is 290 g/mol. The van der Waals surface area contributed by atoms with Crippen LogP contribution in [0.3, 0.4) is 0 Å². The summed E-state index contributed by atoms with van der Waals surface area (Å²) in [6.45, 7) is 5.62. The molecule has 0 fully saturated rings. The molecule has 4 nitrogen and oxygen atoms in total. The highest BCUT2D eigenvalue weighted by atomic mass is 16.5. The zero-order chi connectivity index (χ0) is 16.9. The van der Waals surface area contributed by atoms with Gasteiger partial charge in [-0.3, -0.25) is 9.59 Å². The first-order valence-electron chi connectivity index (χ1n) is 7.84. The zero-order valence-electron chi connectivity index (χ0n) is 13.9. The normalized spacial score (nSPS) is 11.3. The quantitative estimate of drug-likeness (QED) is 0.833. The Morgan fingerprint density at radius 1 is 1.09 bits per heavy atom. The molecule has 0 aliphatic rings. The van der Waals surface area contributed by atoms with E-state index < -0.39 is 5.97 Å². The van der Waals surface area contributed by atoms with Crippen LogP contribution in [0.1, 0.15) is 32.8 Å². The highest BCUT2D eigenvalue weighted by molar-refractivity contribution is 5.89. The standard InChI is InChI=1S/C19H23NO3/c1-4-19(2,3)20-17(21)13-23-18(22)12-15-10-7-9-14-8-5-6-11-16(14)15/h5-11H,4,12-13H2,1-3H3,(H,20,21). The molecule has 0 aromatic heterocycles.